The SMILES string of the molecule is Cc1nc(C2=CCCN(C)C2)nn1C. The highest BCUT2D eigenvalue weighted by molar-refractivity contribution is 5.61. The number of aromatic nitrogens is 3. The Morgan fingerprint density at radius 2 is 2.14 bits per heavy atom. The molecule has 0 saturated carbocycles. The molecule has 76 valence electrons. The molecule has 2 rings (SSSR count). The molecule has 0 aromatic carbocycles. The van der Waals surface area contributed by atoms with Crippen LogP contribution in [0.4, 0.5) is 0 Å². The maximum absolute atomic E-state index is 4.43. The summed E-state index contributed by atoms with van der Waals surface area (Å²) in [7, 11) is 4.06. The minimum Gasteiger partial charge on any atom is -0.302 e. The van der Waals surface area contributed by atoms with E-state index in [1.807, 2.05) is 18.7 Å². The number of aryl methyl sites for hydroxylation is 2. The summed E-state index contributed by atoms with van der Waals surface area (Å²) in [5.74, 6) is 1.85. The molecule has 0 saturated heterocycles. The topological polar surface area (TPSA) is 34.0 Å². The van der Waals surface area contributed by atoms with E-state index in [0.29, 0.717) is 0 Å². The summed E-state index contributed by atoms with van der Waals surface area (Å²) in [5.41, 5.74) is 1.25. The van der Waals surface area contributed by atoms with E-state index >= 15 is 0 Å². The van der Waals surface area contributed by atoms with Crippen LogP contribution in [0.25, 0.3) is 5.57 Å². The molecular weight excluding hydrogens is 176 g/mol. The summed E-state index contributed by atoms with van der Waals surface area (Å²) in [6.45, 7) is 4.07. The molecule has 14 heavy (non-hydrogen) atoms. The van der Waals surface area contributed by atoms with Crippen molar-refractivity contribution in [1.82, 2.24) is 19.7 Å². The molecule has 0 amide bonds. The first-order valence-corrected chi connectivity index (χ1v) is 4.92. The molecule has 0 fully saturated rings. The quantitative estimate of drug-likeness (QED) is 0.661. The van der Waals surface area contributed by atoms with Gasteiger partial charge in [0, 0.05) is 25.7 Å². The summed E-state index contributed by atoms with van der Waals surface area (Å²) in [5, 5.41) is 4.38. The lowest BCUT2D eigenvalue weighted by Gasteiger charge is -2.21. The highest BCUT2D eigenvalue weighted by atomic mass is 15.3. The number of hydrogen-bond donors (Lipinski definition) is 0. The van der Waals surface area contributed by atoms with Gasteiger partial charge in [-0.1, -0.05) is 6.08 Å². The van der Waals surface area contributed by atoms with Gasteiger partial charge < -0.3 is 4.90 Å². The van der Waals surface area contributed by atoms with Crippen molar-refractivity contribution in [2.45, 2.75) is 13.3 Å². The van der Waals surface area contributed by atoms with E-state index in [1.54, 1.807) is 0 Å². The number of likely N-dealkylation sites (N-methyl/N-ethyl adjacent to an activating group) is 1. The Labute approximate surface area is 84.2 Å². The third kappa shape index (κ3) is 1.70. The summed E-state index contributed by atoms with van der Waals surface area (Å²) in [4.78, 5) is 6.72. The Balaban J connectivity index is 2.26. The van der Waals surface area contributed by atoms with Crippen LogP contribution in [0, 0.1) is 6.92 Å². The van der Waals surface area contributed by atoms with Gasteiger partial charge in [0.25, 0.3) is 0 Å². The Morgan fingerprint density at radius 3 is 2.71 bits per heavy atom. The maximum atomic E-state index is 4.43. The second kappa shape index (κ2) is 3.53. The monoisotopic (exact) mass is 192 g/mol. The maximum Gasteiger partial charge on any atom is 0.178 e. The molecule has 2 heterocycles. The van der Waals surface area contributed by atoms with Crippen LogP contribution in [0.1, 0.15) is 18.1 Å². The summed E-state index contributed by atoms with van der Waals surface area (Å²) >= 11 is 0. The molecular formula is C10H16N4. The Morgan fingerprint density at radius 1 is 1.36 bits per heavy atom. The van der Waals surface area contributed by atoms with Crippen LogP contribution in [0.15, 0.2) is 6.08 Å². The van der Waals surface area contributed by atoms with Gasteiger partial charge in [0.1, 0.15) is 5.82 Å². The van der Waals surface area contributed by atoms with Gasteiger partial charge in [-0.3, -0.25) is 4.68 Å². The first kappa shape index (κ1) is 9.40. The molecule has 0 radical (unpaired) electrons. The zero-order valence-electron chi connectivity index (χ0n) is 8.99. The Kier molecular flexibility index (Phi) is 2.37. The van der Waals surface area contributed by atoms with Gasteiger partial charge in [0.05, 0.1) is 0 Å². The van der Waals surface area contributed by atoms with Gasteiger partial charge in [-0.05, 0) is 20.4 Å². The molecule has 0 unspecified atom stereocenters. The molecule has 0 aliphatic carbocycles. The lowest BCUT2D eigenvalue weighted by molar-refractivity contribution is 0.372. The summed E-state index contributed by atoms with van der Waals surface area (Å²) < 4.78 is 1.82. The molecule has 0 spiro atoms. The standard InChI is InChI=1S/C10H16N4/c1-8-11-10(12-14(8)3)9-5-4-6-13(2)7-9/h5H,4,6-7H2,1-3H3. The predicted octanol–water partition coefficient (Wildman–Crippen LogP) is 0.842. The van der Waals surface area contributed by atoms with Gasteiger partial charge in [-0.15, -0.1) is 0 Å². The van der Waals surface area contributed by atoms with E-state index < -0.39 is 0 Å². The van der Waals surface area contributed by atoms with E-state index in [2.05, 4.69) is 28.1 Å². The van der Waals surface area contributed by atoms with Crippen molar-refractivity contribution >= 4 is 5.57 Å². The lowest BCUT2D eigenvalue weighted by atomic mass is 10.1. The van der Waals surface area contributed by atoms with Crippen LogP contribution < -0.4 is 0 Å². The number of hydrogen-bond acceptors (Lipinski definition) is 3. The molecule has 4 heteroatoms. The molecule has 1 aromatic heterocycles. The fourth-order valence-corrected chi connectivity index (χ4v) is 1.65. The highest BCUT2D eigenvalue weighted by Gasteiger charge is 2.14. The van der Waals surface area contributed by atoms with E-state index in [0.717, 1.165) is 31.2 Å². The minimum atomic E-state index is 0.886. The predicted molar refractivity (Wildman–Crippen MR) is 55.8 cm³/mol. The van der Waals surface area contributed by atoms with Gasteiger partial charge in [-0.2, -0.15) is 5.10 Å². The second-order valence-corrected chi connectivity index (χ2v) is 3.86. The van der Waals surface area contributed by atoms with E-state index in [1.165, 1.54) is 5.57 Å². The van der Waals surface area contributed by atoms with E-state index in [4.69, 9.17) is 0 Å². The third-order valence-corrected chi connectivity index (χ3v) is 2.61. The van der Waals surface area contributed by atoms with Crippen LogP contribution in [-0.2, 0) is 7.05 Å². The molecule has 0 N–H and O–H groups in total. The second-order valence-electron chi connectivity index (χ2n) is 3.86. The first-order chi connectivity index (χ1) is 6.66. The summed E-state index contributed by atoms with van der Waals surface area (Å²) in [6.07, 6.45) is 3.35. The van der Waals surface area contributed by atoms with Gasteiger partial charge >= 0.3 is 0 Å². The highest BCUT2D eigenvalue weighted by Crippen LogP contribution is 2.16. The van der Waals surface area contributed by atoms with Crippen LogP contribution in [0.3, 0.4) is 0 Å². The zero-order valence-corrected chi connectivity index (χ0v) is 8.99. The van der Waals surface area contributed by atoms with Crippen molar-refractivity contribution in [3.05, 3.63) is 17.7 Å². The Hall–Kier alpha value is -1.16. The van der Waals surface area contributed by atoms with Crippen LogP contribution in [0.5, 0.6) is 0 Å². The van der Waals surface area contributed by atoms with Crippen molar-refractivity contribution < 1.29 is 0 Å². The van der Waals surface area contributed by atoms with Gasteiger partial charge in [0.2, 0.25) is 0 Å². The van der Waals surface area contributed by atoms with E-state index in [-0.39, 0.29) is 0 Å². The Bertz CT molecular complexity index is 345. The van der Waals surface area contributed by atoms with Crippen molar-refractivity contribution in [1.29, 1.82) is 0 Å². The smallest absolute Gasteiger partial charge is 0.178 e. The lowest BCUT2D eigenvalue weighted by Crippen LogP contribution is -2.25. The molecule has 0 atom stereocenters. The third-order valence-electron chi connectivity index (χ3n) is 2.61. The van der Waals surface area contributed by atoms with Crippen LogP contribution in [0.2, 0.25) is 0 Å². The van der Waals surface area contributed by atoms with Gasteiger partial charge in [-0.25, -0.2) is 4.98 Å². The summed E-state index contributed by atoms with van der Waals surface area (Å²) in [6, 6.07) is 0. The molecule has 4 nitrogen and oxygen atoms in total. The molecule has 1 aliphatic heterocycles. The van der Waals surface area contributed by atoms with E-state index in [9.17, 15) is 0 Å². The van der Waals surface area contributed by atoms with Crippen molar-refractivity contribution in [2.24, 2.45) is 7.05 Å². The largest absolute Gasteiger partial charge is 0.302 e. The average Bonchev–Trinajstić information content (AvgIpc) is 2.47. The molecule has 1 aliphatic rings. The number of rotatable bonds is 1. The number of nitrogens with zero attached hydrogens (tertiary/aromatic N) is 4. The normalized spacial score (nSPS) is 18.4. The van der Waals surface area contributed by atoms with Crippen molar-refractivity contribution in [2.75, 3.05) is 20.1 Å². The van der Waals surface area contributed by atoms with Crippen LogP contribution >= 0.6 is 0 Å². The fourth-order valence-electron chi connectivity index (χ4n) is 1.65. The van der Waals surface area contributed by atoms with Gasteiger partial charge in [0.15, 0.2) is 5.82 Å². The fraction of sp³-hybridized carbons (Fsp3) is 0.600. The zero-order chi connectivity index (χ0) is 10.1. The molecule has 1 aromatic rings. The first-order valence-electron chi connectivity index (χ1n) is 4.92. The van der Waals surface area contributed by atoms with Crippen molar-refractivity contribution in [3.8, 4) is 0 Å². The van der Waals surface area contributed by atoms with Crippen molar-refractivity contribution in [3.63, 3.8) is 0 Å². The minimum absolute atomic E-state index is 0.886. The average molecular weight is 192 g/mol. The van der Waals surface area contributed by atoms with Crippen LogP contribution in [-0.4, -0.2) is 39.8 Å². The molecule has 0 bridgehead atoms.